The number of nitrogens with one attached hydrogen (secondary N) is 1. The zero-order chi connectivity index (χ0) is 10.4. The maximum Gasteiger partial charge on any atom is 0.220 e. The molecule has 1 heterocycles. The summed E-state index contributed by atoms with van der Waals surface area (Å²) in [5.41, 5.74) is 0. The number of rotatable bonds is 4. The maximum atomic E-state index is 11.4. The van der Waals surface area contributed by atoms with E-state index in [1.165, 1.54) is 0 Å². The lowest BCUT2D eigenvalue weighted by Gasteiger charge is -2.21. The molecule has 0 aromatic heterocycles. The molecule has 3 heteroatoms. The van der Waals surface area contributed by atoms with Crippen molar-refractivity contribution >= 4 is 5.91 Å². The van der Waals surface area contributed by atoms with Crippen molar-refractivity contribution in [3.63, 3.8) is 0 Å². The molecule has 1 rings (SSSR count). The third-order valence-electron chi connectivity index (χ3n) is 2.57. The Kier molecular flexibility index (Phi) is 4.94. The van der Waals surface area contributed by atoms with Crippen LogP contribution in [0.1, 0.15) is 39.5 Å². The predicted octanol–water partition coefficient (Wildman–Crippen LogP) is 1.72. The molecule has 3 nitrogen and oxygen atoms in total. The van der Waals surface area contributed by atoms with Crippen molar-refractivity contribution in [1.29, 1.82) is 0 Å². The van der Waals surface area contributed by atoms with Gasteiger partial charge >= 0.3 is 0 Å². The first-order chi connectivity index (χ1) is 6.68. The molecular formula is C11H21NO2. The van der Waals surface area contributed by atoms with Gasteiger partial charge in [-0.1, -0.05) is 0 Å². The average Bonchev–Trinajstić information content (AvgIpc) is 2.15. The van der Waals surface area contributed by atoms with E-state index in [4.69, 9.17) is 4.74 Å². The van der Waals surface area contributed by atoms with Gasteiger partial charge in [0.1, 0.15) is 0 Å². The molecule has 0 unspecified atom stereocenters. The zero-order valence-electron chi connectivity index (χ0n) is 9.21. The topological polar surface area (TPSA) is 38.3 Å². The second-order valence-electron chi connectivity index (χ2n) is 4.32. The van der Waals surface area contributed by atoms with Crippen LogP contribution in [-0.4, -0.2) is 25.2 Å². The SMILES string of the molecule is CC(C)NC(=O)CCC1CCOCC1. The van der Waals surface area contributed by atoms with E-state index >= 15 is 0 Å². The summed E-state index contributed by atoms with van der Waals surface area (Å²) in [6.07, 6.45) is 3.93. The highest BCUT2D eigenvalue weighted by molar-refractivity contribution is 5.76. The van der Waals surface area contributed by atoms with Crippen molar-refractivity contribution in [2.24, 2.45) is 5.92 Å². The first kappa shape index (κ1) is 11.5. The molecule has 0 atom stereocenters. The monoisotopic (exact) mass is 199 g/mol. The van der Waals surface area contributed by atoms with Gasteiger partial charge in [0.05, 0.1) is 0 Å². The standard InChI is InChI=1S/C11H21NO2/c1-9(2)12-11(13)4-3-10-5-7-14-8-6-10/h9-10H,3-8H2,1-2H3,(H,12,13). The highest BCUT2D eigenvalue weighted by atomic mass is 16.5. The minimum absolute atomic E-state index is 0.187. The van der Waals surface area contributed by atoms with Crippen molar-refractivity contribution in [2.75, 3.05) is 13.2 Å². The Hall–Kier alpha value is -0.570. The number of carbonyl (C=O) groups is 1. The van der Waals surface area contributed by atoms with Crippen LogP contribution >= 0.6 is 0 Å². The fourth-order valence-corrected chi connectivity index (χ4v) is 1.76. The molecule has 0 saturated carbocycles. The van der Waals surface area contributed by atoms with Gasteiger partial charge in [-0.3, -0.25) is 4.79 Å². The van der Waals surface area contributed by atoms with E-state index in [0.717, 1.165) is 32.5 Å². The highest BCUT2D eigenvalue weighted by Crippen LogP contribution is 2.19. The minimum Gasteiger partial charge on any atom is -0.381 e. The van der Waals surface area contributed by atoms with Crippen LogP contribution in [0.15, 0.2) is 0 Å². The van der Waals surface area contributed by atoms with Gasteiger partial charge in [-0.2, -0.15) is 0 Å². The summed E-state index contributed by atoms with van der Waals surface area (Å²) in [7, 11) is 0. The first-order valence-corrected chi connectivity index (χ1v) is 5.55. The van der Waals surface area contributed by atoms with Crippen LogP contribution in [0.2, 0.25) is 0 Å². The van der Waals surface area contributed by atoms with Crippen molar-refractivity contribution < 1.29 is 9.53 Å². The Morgan fingerprint density at radius 2 is 2.07 bits per heavy atom. The molecule has 0 aromatic rings. The summed E-state index contributed by atoms with van der Waals surface area (Å²) < 4.78 is 5.27. The Morgan fingerprint density at radius 3 is 2.64 bits per heavy atom. The van der Waals surface area contributed by atoms with Crippen molar-refractivity contribution in [3.8, 4) is 0 Å². The molecule has 0 spiro atoms. The van der Waals surface area contributed by atoms with E-state index in [2.05, 4.69) is 5.32 Å². The summed E-state index contributed by atoms with van der Waals surface area (Å²) >= 11 is 0. The molecule has 14 heavy (non-hydrogen) atoms. The van der Waals surface area contributed by atoms with Crippen molar-refractivity contribution in [1.82, 2.24) is 5.32 Å². The third kappa shape index (κ3) is 4.61. The van der Waals surface area contributed by atoms with Crippen LogP contribution in [0.3, 0.4) is 0 Å². The van der Waals surface area contributed by atoms with E-state index in [9.17, 15) is 4.79 Å². The molecule has 1 aliphatic rings. The van der Waals surface area contributed by atoms with Crippen LogP contribution in [-0.2, 0) is 9.53 Å². The first-order valence-electron chi connectivity index (χ1n) is 5.55. The summed E-state index contributed by atoms with van der Waals surface area (Å²) in [6, 6.07) is 0.261. The molecule has 0 bridgehead atoms. The molecule has 1 amide bonds. The van der Waals surface area contributed by atoms with E-state index < -0.39 is 0 Å². The predicted molar refractivity (Wildman–Crippen MR) is 56.1 cm³/mol. The van der Waals surface area contributed by atoms with Crippen LogP contribution < -0.4 is 5.32 Å². The second kappa shape index (κ2) is 6.02. The minimum atomic E-state index is 0.187. The maximum absolute atomic E-state index is 11.4. The van der Waals surface area contributed by atoms with Crippen molar-refractivity contribution in [3.05, 3.63) is 0 Å². The van der Waals surface area contributed by atoms with Gasteiger partial charge in [-0.25, -0.2) is 0 Å². The van der Waals surface area contributed by atoms with Gasteiger partial charge < -0.3 is 10.1 Å². The normalized spacial score (nSPS) is 18.5. The molecular weight excluding hydrogens is 178 g/mol. The Balaban J connectivity index is 2.09. The smallest absolute Gasteiger partial charge is 0.220 e. The van der Waals surface area contributed by atoms with Crippen LogP contribution in [0.5, 0.6) is 0 Å². The fourth-order valence-electron chi connectivity index (χ4n) is 1.76. The third-order valence-corrected chi connectivity index (χ3v) is 2.57. The molecule has 1 saturated heterocycles. The summed E-state index contributed by atoms with van der Waals surface area (Å²) in [5, 5.41) is 2.91. The van der Waals surface area contributed by atoms with Gasteiger partial charge in [0.15, 0.2) is 0 Å². The largest absolute Gasteiger partial charge is 0.381 e. The highest BCUT2D eigenvalue weighted by Gasteiger charge is 2.15. The van der Waals surface area contributed by atoms with Gasteiger partial charge in [0, 0.05) is 25.7 Å². The van der Waals surface area contributed by atoms with Crippen LogP contribution in [0, 0.1) is 5.92 Å². The lowest BCUT2D eigenvalue weighted by molar-refractivity contribution is -0.122. The summed E-state index contributed by atoms with van der Waals surface area (Å²) in [5.74, 6) is 0.883. The van der Waals surface area contributed by atoms with Gasteiger partial charge in [0.2, 0.25) is 5.91 Å². The number of carbonyl (C=O) groups excluding carboxylic acids is 1. The number of hydrogen-bond donors (Lipinski definition) is 1. The molecule has 82 valence electrons. The second-order valence-corrected chi connectivity index (χ2v) is 4.32. The van der Waals surface area contributed by atoms with E-state index in [1.54, 1.807) is 0 Å². The summed E-state index contributed by atoms with van der Waals surface area (Å²) in [6.45, 7) is 5.73. The number of hydrogen-bond acceptors (Lipinski definition) is 2. The molecule has 1 fully saturated rings. The van der Waals surface area contributed by atoms with E-state index in [0.29, 0.717) is 12.3 Å². The zero-order valence-corrected chi connectivity index (χ0v) is 9.21. The molecule has 0 aliphatic carbocycles. The number of amides is 1. The van der Waals surface area contributed by atoms with Gasteiger partial charge in [0.25, 0.3) is 0 Å². The number of ether oxygens (including phenoxy) is 1. The molecule has 0 radical (unpaired) electrons. The van der Waals surface area contributed by atoms with Crippen LogP contribution in [0.25, 0.3) is 0 Å². The average molecular weight is 199 g/mol. The molecule has 1 N–H and O–H groups in total. The van der Waals surface area contributed by atoms with Crippen LogP contribution in [0.4, 0.5) is 0 Å². The Labute approximate surface area is 86.2 Å². The summed E-state index contributed by atoms with van der Waals surface area (Å²) in [4.78, 5) is 11.4. The Morgan fingerprint density at radius 1 is 1.43 bits per heavy atom. The lowest BCUT2D eigenvalue weighted by Crippen LogP contribution is -2.30. The quantitative estimate of drug-likeness (QED) is 0.748. The Bertz CT molecular complexity index is 174. The van der Waals surface area contributed by atoms with E-state index in [1.807, 2.05) is 13.8 Å². The van der Waals surface area contributed by atoms with Gasteiger partial charge in [-0.05, 0) is 39.0 Å². The molecule has 0 aromatic carbocycles. The molecule has 1 aliphatic heterocycles. The fraction of sp³-hybridized carbons (Fsp3) is 0.909. The lowest BCUT2D eigenvalue weighted by atomic mass is 9.95. The van der Waals surface area contributed by atoms with Crippen molar-refractivity contribution in [2.45, 2.75) is 45.6 Å². The van der Waals surface area contributed by atoms with Gasteiger partial charge in [-0.15, -0.1) is 0 Å². The van der Waals surface area contributed by atoms with E-state index in [-0.39, 0.29) is 11.9 Å².